The van der Waals surface area contributed by atoms with Gasteiger partial charge >= 0.3 is 0 Å². The molecule has 1 aromatic heterocycles. The molecule has 3 rings (SSSR count). The van der Waals surface area contributed by atoms with Crippen molar-refractivity contribution in [2.45, 2.75) is 44.6 Å². The van der Waals surface area contributed by atoms with E-state index in [-0.39, 0.29) is 17.3 Å². The van der Waals surface area contributed by atoms with Gasteiger partial charge in [0.05, 0.1) is 4.90 Å². The lowest BCUT2D eigenvalue weighted by Crippen LogP contribution is -2.39. The van der Waals surface area contributed by atoms with Crippen LogP contribution in [0.5, 0.6) is 0 Å². The Balaban J connectivity index is 1.85. The van der Waals surface area contributed by atoms with E-state index >= 15 is 0 Å². The van der Waals surface area contributed by atoms with E-state index in [1.54, 1.807) is 22.8 Å². The maximum atomic E-state index is 12.9. The molecule has 1 aliphatic rings. The number of piperidine rings is 1. The number of hydrogen-bond acceptors (Lipinski definition) is 4. The van der Waals surface area contributed by atoms with Crippen molar-refractivity contribution in [3.05, 3.63) is 30.5 Å². The van der Waals surface area contributed by atoms with Crippen LogP contribution in [0.2, 0.25) is 0 Å². The normalized spacial score (nSPS) is 15.6. The van der Waals surface area contributed by atoms with Crippen LogP contribution in [0.3, 0.4) is 0 Å². The molecule has 7 nitrogen and oxygen atoms in total. The van der Waals surface area contributed by atoms with Crippen LogP contribution >= 0.6 is 0 Å². The predicted octanol–water partition coefficient (Wildman–Crippen LogP) is 2.20. The van der Waals surface area contributed by atoms with Crippen molar-refractivity contribution < 1.29 is 18.0 Å². The average Bonchev–Trinajstić information content (AvgIpc) is 3.06. The van der Waals surface area contributed by atoms with Gasteiger partial charge in [0, 0.05) is 36.7 Å². The van der Waals surface area contributed by atoms with Crippen molar-refractivity contribution in [3.63, 3.8) is 0 Å². The van der Waals surface area contributed by atoms with Crippen LogP contribution in [-0.2, 0) is 26.0 Å². The average molecular weight is 420 g/mol. The van der Waals surface area contributed by atoms with E-state index in [4.69, 9.17) is 0 Å². The van der Waals surface area contributed by atoms with E-state index in [1.165, 1.54) is 6.20 Å². The number of para-hydroxylation sites is 1. The summed E-state index contributed by atoms with van der Waals surface area (Å²) in [7, 11) is -3.82. The van der Waals surface area contributed by atoms with Crippen LogP contribution in [0.25, 0.3) is 10.9 Å². The van der Waals surface area contributed by atoms with E-state index in [0.29, 0.717) is 23.4 Å². The highest BCUT2D eigenvalue weighted by atomic mass is 32.2. The molecule has 8 heteroatoms. The number of aromatic nitrogens is 1. The van der Waals surface area contributed by atoms with E-state index in [9.17, 15) is 18.0 Å². The summed E-state index contributed by atoms with van der Waals surface area (Å²) in [5.74, 6) is -0.495. The summed E-state index contributed by atoms with van der Waals surface area (Å²) in [6, 6.07) is 7.10. The van der Waals surface area contributed by atoms with Gasteiger partial charge in [0.1, 0.15) is 12.3 Å². The molecule has 158 valence electrons. The van der Waals surface area contributed by atoms with Crippen LogP contribution in [0, 0.1) is 5.92 Å². The highest BCUT2D eigenvalue weighted by molar-refractivity contribution is 7.92. The summed E-state index contributed by atoms with van der Waals surface area (Å²) >= 11 is 0. The highest BCUT2D eigenvalue weighted by Crippen LogP contribution is 2.27. The Bertz CT molecular complexity index is 989. The number of carbonyl (C=O) groups excluding carboxylic acids is 2. The van der Waals surface area contributed by atoms with Gasteiger partial charge in [-0.25, -0.2) is 8.42 Å². The number of rotatable bonds is 7. The summed E-state index contributed by atoms with van der Waals surface area (Å²) in [6.07, 6.45) is 4.22. The molecule has 0 unspecified atom stereocenters. The number of hydrogen-bond donors (Lipinski definition) is 1. The molecule has 0 saturated carbocycles. The Morgan fingerprint density at radius 3 is 2.55 bits per heavy atom. The fourth-order valence-corrected chi connectivity index (χ4v) is 5.06. The molecule has 0 aliphatic carbocycles. The molecule has 29 heavy (non-hydrogen) atoms. The maximum Gasteiger partial charge on any atom is 0.242 e. The molecule has 1 fully saturated rings. The van der Waals surface area contributed by atoms with Crippen molar-refractivity contribution in [3.8, 4) is 0 Å². The molecule has 0 radical (unpaired) electrons. The molecule has 0 spiro atoms. The fraction of sp³-hybridized carbons (Fsp3) is 0.524. The molecule has 1 saturated heterocycles. The minimum absolute atomic E-state index is 0.0118. The lowest BCUT2D eigenvalue weighted by atomic mass is 9.99. The Morgan fingerprint density at radius 2 is 1.86 bits per heavy atom. The number of nitrogens with one attached hydrogen (secondary N) is 1. The lowest BCUT2D eigenvalue weighted by Gasteiger charge is -2.30. The molecule has 0 atom stereocenters. The van der Waals surface area contributed by atoms with Crippen molar-refractivity contribution in [1.29, 1.82) is 0 Å². The number of carbonyl (C=O) groups is 2. The number of likely N-dealkylation sites (tertiary alicyclic amines) is 1. The zero-order chi connectivity index (χ0) is 21.0. The monoisotopic (exact) mass is 419 g/mol. The van der Waals surface area contributed by atoms with Crippen molar-refractivity contribution in [1.82, 2.24) is 14.8 Å². The summed E-state index contributed by atoms with van der Waals surface area (Å²) in [6.45, 7) is 6.10. The van der Waals surface area contributed by atoms with E-state index in [1.807, 2.05) is 17.9 Å². The first kappa shape index (κ1) is 21.4. The first-order valence-electron chi connectivity index (χ1n) is 10.2. The Kier molecular flexibility index (Phi) is 6.62. The maximum absolute atomic E-state index is 12.9. The van der Waals surface area contributed by atoms with Crippen LogP contribution in [-0.4, -0.2) is 55.1 Å². The summed E-state index contributed by atoms with van der Waals surface area (Å²) in [4.78, 5) is 26.7. The topological polar surface area (TPSA) is 88.5 Å². The summed E-state index contributed by atoms with van der Waals surface area (Å²) < 4.78 is 27.5. The third-order valence-corrected chi connectivity index (χ3v) is 7.06. The second kappa shape index (κ2) is 8.98. The van der Waals surface area contributed by atoms with Crippen molar-refractivity contribution >= 4 is 32.6 Å². The standard InChI is InChI=1S/C21H29N3O4S/c1-3-10-22-20(25)15-29(27,28)19-13-24(18-7-5-4-6-17(18)19)14-21(26)23-11-8-16(2)9-12-23/h4-7,13,16H,3,8-12,14-15H2,1-2H3,(H,22,25). The summed E-state index contributed by atoms with van der Waals surface area (Å²) in [5.41, 5.74) is 0.679. The predicted molar refractivity (Wildman–Crippen MR) is 112 cm³/mol. The second-order valence-electron chi connectivity index (χ2n) is 7.81. The smallest absolute Gasteiger partial charge is 0.242 e. The molecule has 1 aromatic carbocycles. The molecule has 0 bridgehead atoms. The second-order valence-corrected chi connectivity index (χ2v) is 9.77. The van der Waals surface area contributed by atoms with Gasteiger partial charge in [-0.05, 0) is 31.2 Å². The van der Waals surface area contributed by atoms with Crippen LogP contribution in [0.1, 0.15) is 33.1 Å². The lowest BCUT2D eigenvalue weighted by molar-refractivity contribution is -0.133. The van der Waals surface area contributed by atoms with Crippen molar-refractivity contribution in [2.75, 3.05) is 25.4 Å². The molecule has 1 N–H and O–H groups in total. The molecule has 2 amide bonds. The van der Waals surface area contributed by atoms with E-state index < -0.39 is 21.5 Å². The Morgan fingerprint density at radius 1 is 1.17 bits per heavy atom. The van der Waals surface area contributed by atoms with Crippen molar-refractivity contribution in [2.24, 2.45) is 5.92 Å². The first-order valence-corrected chi connectivity index (χ1v) is 11.8. The van der Waals surface area contributed by atoms with E-state index in [0.717, 1.165) is 32.4 Å². The molecule has 2 aromatic rings. The zero-order valence-corrected chi connectivity index (χ0v) is 17.9. The van der Waals surface area contributed by atoms with Gasteiger partial charge in [0.2, 0.25) is 11.8 Å². The molecular weight excluding hydrogens is 390 g/mol. The van der Waals surface area contributed by atoms with Gasteiger partial charge in [-0.3, -0.25) is 9.59 Å². The third kappa shape index (κ3) is 4.98. The number of fused-ring (bicyclic) bond motifs is 1. The van der Waals surface area contributed by atoms with Gasteiger partial charge in [0.15, 0.2) is 9.84 Å². The molecule has 1 aliphatic heterocycles. The molecule has 2 heterocycles. The SMILES string of the molecule is CCCNC(=O)CS(=O)(=O)c1cn(CC(=O)N2CCC(C)CC2)c2ccccc12. The number of nitrogens with zero attached hydrogens (tertiary/aromatic N) is 2. The van der Waals surface area contributed by atoms with Crippen LogP contribution < -0.4 is 5.32 Å². The minimum Gasteiger partial charge on any atom is -0.355 e. The van der Waals surface area contributed by atoms with Gasteiger partial charge < -0.3 is 14.8 Å². The Hall–Kier alpha value is -2.35. The highest BCUT2D eigenvalue weighted by Gasteiger charge is 2.26. The van der Waals surface area contributed by atoms with Gasteiger partial charge in [-0.2, -0.15) is 0 Å². The van der Waals surface area contributed by atoms with E-state index in [2.05, 4.69) is 12.2 Å². The van der Waals surface area contributed by atoms with Gasteiger partial charge in [-0.1, -0.05) is 32.0 Å². The van der Waals surface area contributed by atoms with Gasteiger partial charge in [0.25, 0.3) is 0 Å². The molecular formula is C21H29N3O4S. The third-order valence-electron chi connectivity index (χ3n) is 5.42. The minimum atomic E-state index is -3.82. The van der Waals surface area contributed by atoms with Gasteiger partial charge in [-0.15, -0.1) is 0 Å². The number of benzene rings is 1. The first-order chi connectivity index (χ1) is 13.8. The van der Waals surface area contributed by atoms with Crippen LogP contribution in [0.15, 0.2) is 35.4 Å². The quantitative estimate of drug-likeness (QED) is 0.745. The largest absolute Gasteiger partial charge is 0.355 e. The summed E-state index contributed by atoms with van der Waals surface area (Å²) in [5, 5.41) is 3.14. The fourth-order valence-electron chi connectivity index (χ4n) is 3.66. The number of amides is 2. The van der Waals surface area contributed by atoms with Crippen LogP contribution in [0.4, 0.5) is 0 Å². The Labute approximate surface area is 172 Å². The number of sulfone groups is 1. The zero-order valence-electron chi connectivity index (χ0n) is 17.1.